The zero-order valence-electron chi connectivity index (χ0n) is 28.1. The van der Waals surface area contributed by atoms with Crippen LogP contribution >= 0.6 is 0 Å². The van der Waals surface area contributed by atoms with Crippen molar-refractivity contribution in [1.29, 1.82) is 0 Å². The molecule has 0 radical (unpaired) electrons. The van der Waals surface area contributed by atoms with Crippen molar-refractivity contribution in [2.75, 3.05) is 0 Å². The van der Waals surface area contributed by atoms with Crippen molar-refractivity contribution in [1.82, 2.24) is 19.9 Å². The molecule has 3 aromatic heterocycles. The van der Waals surface area contributed by atoms with Crippen LogP contribution in [0.4, 0.5) is 0 Å². The molecule has 0 atom stereocenters. The molecular formula is C48H30N4. The Labute approximate surface area is 300 Å². The largest absolute Gasteiger partial charge is 0.248 e. The number of aromatic nitrogens is 4. The van der Waals surface area contributed by atoms with E-state index in [1.54, 1.807) is 0 Å². The molecule has 242 valence electrons. The molecule has 0 N–H and O–H groups in total. The molecule has 0 bridgehead atoms. The highest BCUT2D eigenvalue weighted by molar-refractivity contribution is 5.99. The predicted molar refractivity (Wildman–Crippen MR) is 215 cm³/mol. The minimum atomic E-state index is 0.676. The van der Waals surface area contributed by atoms with Crippen molar-refractivity contribution in [3.63, 3.8) is 0 Å². The van der Waals surface area contributed by atoms with E-state index in [1.807, 2.05) is 36.4 Å². The first-order chi connectivity index (χ1) is 25.7. The van der Waals surface area contributed by atoms with Crippen LogP contribution in [0.15, 0.2) is 182 Å². The Kier molecular flexibility index (Phi) is 7.10. The molecule has 0 aliphatic heterocycles. The lowest BCUT2D eigenvalue weighted by atomic mass is 9.97. The molecule has 4 nitrogen and oxygen atoms in total. The number of fused-ring (bicyclic) bond motifs is 4. The monoisotopic (exact) mass is 662 g/mol. The van der Waals surface area contributed by atoms with Gasteiger partial charge in [-0.15, -0.1) is 0 Å². The first-order valence-corrected chi connectivity index (χ1v) is 17.5. The van der Waals surface area contributed by atoms with Gasteiger partial charge in [-0.1, -0.05) is 121 Å². The Morgan fingerprint density at radius 3 is 1.13 bits per heavy atom. The third kappa shape index (κ3) is 5.53. The summed E-state index contributed by atoms with van der Waals surface area (Å²) < 4.78 is 0. The normalized spacial score (nSPS) is 11.5. The van der Waals surface area contributed by atoms with Crippen LogP contribution in [-0.4, -0.2) is 19.9 Å². The van der Waals surface area contributed by atoms with Gasteiger partial charge in [0, 0.05) is 38.6 Å². The van der Waals surface area contributed by atoms with Crippen molar-refractivity contribution in [2.24, 2.45) is 0 Å². The molecule has 0 spiro atoms. The fourth-order valence-electron chi connectivity index (χ4n) is 7.08. The van der Waals surface area contributed by atoms with E-state index in [1.165, 1.54) is 21.5 Å². The van der Waals surface area contributed by atoms with Gasteiger partial charge in [-0.2, -0.15) is 0 Å². The smallest absolute Gasteiger partial charge is 0.160 e. The Morgan fingerprint density at radius 2 is 0.635 bits per heavy atom. The zero-order chi connectivity index (χ0) is 34.4. The zero-order valence-corrected chi connectivity index (χ0v) is 28.1. The predicted octanol–water partition coefficient (Wildman–Crippen LogP) is 12.2. The number of hydrogen-bond donors (Lipinski definition) is 0. The van der Waals surface area contributed by atoms with Crippen molar-refractivity contribution >= 4 is 43.4 Å². The molecule has 3 heterocycles. The van der Waals surface area contributed by atoms with Crippen molar-refractivity contribution in [3.05, 3.63) is 182 Å². The maximum absolute atomic E-state index is 5.23. The number of benzene rings is 7. The summed E-state index contributed by atoms with van der Waals surface area (Å²) in [6.45, 7) is 0. The third-order valence-corrected chi connectivity index (χ3v) is 9.76. The van der Waals surface area contributed by atoms with Crippen LogP contribution in [0.1, 0.15) is 0 Å². The molecule has 52 heavy (non-hydrogen) atoms. The lowest BCUT2D eigenvalue weighted by Crippen LogP contribution is -1.97. The third-order valence-electron chi connectivity index (χ3n) is 9.76. The highest BCUT2D eigenvalue weighted by Gasteiger charge is 2.15. The molecular weight excluding hydrogens is 633 g/mol. The summed E-state index contributed by atoms with van der Waals surface area (Å²) in [5.41, 5.74) is 10.3. The van der Waals surface area contributed by atoms with Gasteiger partial charge in [0.2, 0.25) is 0 Å². The van der Waals surface area contributed by atoms with E-state index in [9.17, 15) is 0 Å². The summed E-state index contributed by atoms with van der Waals surface area (Å²) in [5.74, 6) is 0.676. The maximum Gasteiger partial charge on any atom is 0.160 e. The topological polar surface area (TPSA) is 51.6 Å². The molecule has 4 heteroatoms. The SMILES string of the molecule is c1ccc(-c2cc(-c3cc(-c4ccc5cc6ccccc6cc5n4)cc(-c4ccc5cc6ccccc6cc5n4)c3)nc(-c3ccccc3)n2)cc1. The van der Waals surface area contributed by atoms with Crippen LogP contribution in [0.2, 0.25) is 0 Å². The Hall–Kier alpha value is -7.04. The van der Waals surface area contributed by atoms with Gasteiger partial charge < -0.3 is 0 Å². The average Bonchev–Trinajstić information content (AvgIpc) is 3.22. The van der Waals surface area contributed by atoms with Gasteiger partial charge in [0.05, 0.1) is 33.8 Å². The van der Waals surface area contributed by atoms with Crippen LogP contribution in [0.5, 0.6) is 0 Å². The number of pyridine rings is 2. The second-order valence-electron chi connectivity index (χ2n) is 13.2. The van der Waals surface area contributed by atoms with Crippen LogP contribution in [-0.2, 0) is 0 Å². The number of nitrogens with zero attached hydrogens (tertiary/aromatic N) is 4. The number of hydrogen-bond acceptors (Lipinski definition) is 4. The second kappa shape index (κ2) is 12.4. The summed E-state index contributed by atoms with van der Waals surface area (Å²) in [4.78, 5) is 20.7. The van der Waals surface area contributed by atoms with E-state index in [-0.39, 0.29) is 0 Å². The minimum Gasteiger partial charge on any atom is -0.248 e. The Balaban J connectivity index is 1.19. The molecule has 7 aromatic carbocycles. The summed E-state index contributed by atoms with van der Waals surface area (Å²) in [7, 11) is 0. The first-order valence-electron chi connectivity index (χ1n) is 17.5. The number of rotatable bonds is 5. The van der Waals surface area contributed by atoms with Crippen LogP contribution in [0.25, 0.3) is 99.8 Å². The van der Waals surface area contributed by atoms with Crippen LogP contribution < -0.4 is 0 Å². The van der Waals surface area contributed by atoms with Gasteiger partial charge in [-0.25, -0.2) is 19.9 Å². The molecule has 0 aliphatic rings. The molecule has 0 aliphatic carbocycles. The van der Waals surface area contributed by atoms with Crippen molar-refractivity contribution in [2.45, 2.75) is 0 Å². The molecule has 0 saturated heterocycles. The summed E-state index contributed by atoms with van der Waals surface area (Å²) in [6, 6.07) is 63.4. The van der Waals surface area contributed by atoms with Crippen LogP contribution in [0.3, 0.4) is 0 Å². The van der Waals surface area contributed by atoms with Gasteiger partial charge >= 0.3 is 0 Å². The second-order valence-corrected chi connectivity index (χ2v) is 13.2. The van der Waals surface area contributed by atoms with Crippen molar-refractivity contribution in [3.8, 4) is 56.4 Å². The summed E-state index contributed by atoms with van der Waals surface area (Å²) >= 11 is 0. The summed E-state index contributed by atoms with van der Waals surface area (Å²) in [5, 5.41) is 6.97. The average molecular weight is 663 g/mol. The summed E-state index contributed by atoms with van der Waals surface area (Å²) in [6.07, 6.45) is 0. The molecule has 10 rings (SSSR count). The minimum absolute atomic E-state index is 0.676. The molecule has 0 unspecified atom stereocenters. The molecule has 10 aromatic rings. The van der Waals surface area contributed by atoms with Gasteiger partial charge in [-0.05, 0) is 82.2 Å². The molecule has 0 fully saturated rings. The van der Waals surface area contributed by atoms with E-state index in [0.717, 1.165) is 72.4 Å². The highest BCUT2D eigenvalue weighted by atomic mass is 14.9. The lowest BCUT2D eigenvalue weighted by molar-refractivity contribution is 1.18. The maximum atomic E-state index is 5.23. The standard InChI is InChI=1S/C48H30N4/c1-3-11-31(12-4-1)46-30-47(52-48(51-46)32-13-5-2-6-14-32)41-26-39(42-21-19-37-23-33-15-7-9-17-35(33)28-44(37)49-42)25-40(27-41)43-22-20-38-24-34-16-8-10-18-36(34)29-45(38)50-43/h1-30H. The van der Waals surface area contributed by atoms with Crippen molar-refractivity contribution < 1.29 is 0 Å². The molecule has 0 saturated carbocycles. The van der Waals surface area contributed by atoms with E-state index < -0.39 is 0 Å². The van der Waals surface area contributed by atoms with E-state index in [4.69, 9.17) is 19.9 Å². The highest BCUT2D eigenvalue weighted by Crippen LogP contribution is 2.35. The fourth-order valence-corrected chi connectivity index (χ4v) is 7.08. The lowest BCUT2D eigenvalue weighted by Gasteiger charge is -2.13. The van der Waals surface area contributed by atoms with Gasteiger partial charge in [0.15, 0.2) is 5.82 Å². The van der Waals surface area contributed by atoms with Gasteiger partial charge in [0.25, 0.3) is 0 Å². The van der Waals surface area contributed by atoms with E-state index in [0.29, 0.717) is 5.82 Å². The quantitative estimate of drug-likeness (QED) is 0.172. The van der Waals surface area contributed by atoms with Crippen LogP contribution in [0, 0.1) is 0 Å². The first kappa shape index (κ1) is 29.8. The fraction of sp³-hybridized carbons (Fsp3) is 0. The Morgan fingerprint density at radius 1 is 0.231 bits per heavy atom. The van der Waals surface area contributed by atoms with E-state index >= 15 is 0 Å². The Bertz CT molecular complexity index is 2760. The van der Waals surface area contributed by atoms with E-state index in [2.05, 4.69) is 146 Å². The van der Waals surface area contributed by atoms with Gasteiger partial charge in [-0.3, -0.25) is 0 Å². The van der Waals surface area contributed by atoms with Gasteiger partial charge in [0.1, 0.15) is 0 Å². The molecule has 0 amide bonds.